The second-order valence-corrected chi connectivity index (χ2v) is 7.12. The molecule has 3 rings (SSSR count). The van der Waals surface area contributed by atoms with E-state index in [2.05, 4.69) is 48.1 Å². The number of nitrogens with one attached hydrogen (secondary N) is 1. The Kier molecular flexibility index (Phi) is 4.59. The van der Waals surface area contributed by atoms with Crippen molar-refractivity contribution in [2.24, 2.45) is 5.73 Å². The predicted molar refractivity (Wildman–Crippen MR) is 99.5 cm³/mol. The average Bonchev–Trinajstić information content (AvgIpc) is 3.10. The molecule has 0 aliphatic carbocycles. The summed E-state index contributed by atoms with van der Waals surface area (Å²) in [6.45, 7) is 6.59. The van der Waals surface area contributed by atoms with Gasteiger partial charge in [-0.05, 0) is 28.7 Å². The van der Waals surface area contributed by atoms with Gasteiger partial charge in [0.1, 0.15) is 11.6 Å². The normalized spacial score (nSPS) is 12.8. The van der Waals surface area contributed by atoms with E-state index >= 15 is 0 Å². The summed E-state index contributed by atoms with van der Waals surface area (Å²) in [5.41, 5.74) is 9.63. The van der Waals surface area contributed by atoms with E-state index < -0.39 is 0 Å². The maximum atomic E-state index is 6.31. The van der Waals surface area contributed by atoms with E-state index in [0.29, 0.717) is 11.6 Å². The Morgan fingerprint density at radius 2 is 1.64 bits per heavy atom. The molecule has 0 spiro atoms. The van der Waals surface area contributed by atoms with E-state index in [1.54, 1.807) is 7.11 Å². The predicted octanol–water partition coefficient (Wildman–Crippen LogP) is 3.83. The van der Waals surface area contributed by atoms with E-state index in [4.69, 9.17) is 10.5 Å². The topological polar surface area (TPSA) is 76.8 Å². The maximum absolute atomic E-state index is 6.31. The molecule has 1 atom stereocenters. The highest BCUT2D eigenvalue weighted by Gasteiger charge is 2.16. The molecule has 1 aromatic heterocycles. The first-order chi connectivity index (χ1) is 11.9. The van der Waals surface area contributed by atoms with E-state index in [0.717, 1.165) is 16.9 Å². The van der Waals surface area contributed by atoms with Gasteiger partial charge in [-0.15, -0.1) is 0 Å². The molecule has 0 aliphatic heterocycles. The van der Waals surface area contributed by atoms with Gasteiger partial charge in [0.2, 0.25) is 0 Å². The summed E-state index contributed by atoms with van der Waals surface area (Å²) in [4.78, 5) is 4.57. The van der Waals surface area contributed by atoms with Crippen LogP contribution < -0.4 is 10.5 Å². The van der Waals surface area contributed by atoms with Crippen LogP contribution in [0, 0.1) is 0 Å². The van der Waals surface area contributed by atoms with E-state index in [9.17, 15) is 0 Å². The molecule has 0 saturated heterocycles. The molecule has 3 aromatic rings. The molecule has 0 saturated carbocycles. The molecule has 5 nitrogen and oxygen atoms in total. The molecule has 0 bridgehead atoms. The molecule has 2 aromatic carbocycles. The molecule has 3 N–H and O–H groups in total. The number of aromatic amines is 1. The van der Waals surface area contributed by atoms with Crippen LogP contribution in [0.4, 0.5) is 0 Å². The summed E-state index contributed by atoms with van der Waals surface area (Å²) in [5, 5.41) is 7.28. The lowest BCUT2D eigenvalue weighted by Crippen LogP contribution is -2.13. The summed E-state index contributed by atoms with van der Waals surface area (Å²) >= 11 is 0. The standard InChI is InChI=1S/C20H24N4O/c1-20(2,3)15-9-5-14(6-10-15)18-22-19(24-23-18)17(21)13-7-11-16(25-4)12-8-13/h5-12,17H,21H2,1-4H3,(H,22,23,24). The van der Waals surface area contributed by atoms with Gasteiger partial charge in [0.25, 0.3) is 0 Å². The second kappa shape index (κ2) is 6.69. The van der Waals surface area contributed by atoms with Gasteiger partial charge in [-0.1, -0.05) is 57.2 Å². The Morgan fingerprint density at radius 1 is 1.00 bits per heavy atom. The molecule has 5 heteroatoms. The molecule has 0 aliphatic rings. The first-order valence-electron chi connectivity index (χ1n) is 8.31. The largest absolute Gasteiger partial charge is 0.497 e. The molecule has 0 fully saturated rings. The van der Waals surface area contributed by atoms with Crippen LogP contribution >= 0.6 is 0 Å². The first-order valence-corrected chi connectivity index (χ1v) is 8.31. The summed E-state index contributed by atoms with van der Waals surface area (Å²) in [7, 11) is 1.64. The third-order valence-electron chi connectivity index (χ3n) is 4.28. The van der Waals surface area contributed by atoms with Gasteiger partial charge in [0, 0.05) is 5.56 Å². The van der Waals surface area contributed by atoms with Gasteiger partial charge < -0.3 is 10.5 Å². The van der Waals surface area contributed by atoms with E-state index in [1.807, 2.05) is 36.4 Å². The zero-order valence-corrected chi connectivity index (χ0v) is 15.1. The lowest BCUT2D eigenvalue weighted by Gasteiger charge is -2.18. The quantitative estimate of drug-likeness (QED) is 0.759. The number of aromatic nitrogens is 3. The number of rotatable bonds is 4. The lowest BCUT2D eigenvalue weighted by molar-refractivity contribution is 0.414. The van der Waals surface area contributed by atoms with Gasteiger partial charge in [-0.3, -0.25) is 5.10 Å². The molecule has 0 amide bonds. The highest BCUT2D eigenvalue weighted by molar-refractivity contribution is 5.55. The van der Waals surface area contributed by atoms with Crippen molar-refractivity contribution >= 4 is 0 Å². The van der Waals surface area contributed by atoms with Gasteiger partial charge >= 0.3 is 0 Å². The molecular weight excluding hydrogens is 312 g/mol. The van der Waals surface area contributed by atoms with Gasteiger partial charge in [-0.2, -0.15) is 5.10 Å². The van der Waals surface area contributed by atoms with E-state index in [-0.39, 0.29) is 11.5 Å². The maximum Gasteiger partial charge on any atom is 0.181 e. The van der Waals surface area contributed by atoms with Crippen LogP contribution in [0.5, 0.6) is 5.75 Å². The first kappa shape index (κ1) is 17.2. The van der Waals surface area contributed by atoms with Crippen LogP contribution in [-0.4, -0.2) is 22.3 Å². The Bertz CT molecular complexity index is 829. The molecule has 0 radical (unpaired) electrons. The molecule has 1 unspecified atom stereocenters. The van der Waals surface area contributed by atoms with Crippen LogP contribution in [0.3, 0.4) is 0 Å². The summed E-state index contributed by atoms with van der Waals surface area (Å²) < 4.78 is 5.17. The van der Waals surface area contributed by atoms with Crippen molar-refractivity contribution < 1.29 is 4.74 Å². The molecule has 1 heterocycles. The minimum absolute atomic E-state index is 0.124. The van der Waals surface area contributed by atoms with Crippen molar-refractivity contribution in [1.82, 2.24) is 15.2 Å². The number of benzene rings is 2. The molecule has 25 heavy (non-hydrogen) atoms. The van der Waals surface area contributed by atoms with Crippen LogP contribution in [0.1, 0.15) is 43.8 Å². The third-order valence-corrected chi connectivity index (χ3v) is 4.28. The zero-order chi connectivity index (χ0) is 18.0. The van der Waals surface area contributed by atoms with E-state index in [1.165, 1.54) is 5.56 Å². The molecular formula is C20H24N4O. The number of nitrogens with zero attached hydrogens (tertiary/aromatic N) is 2. The zero-order valence-electron chi connectivity index (χ0n) is 15.1. The van der Waals surface area contributed by atoms with Crippen molar-refractivity contribution in [3.63, 3.8) is 0 Å². The van der Waals surface area contributed by atoms with Crippen LogP contribution in [0.2, 0.25) is 0 Å². The smallest absolute Gasteiger partial charge is 0.181 e. The fourth-order valence-corrected chi connectivity index (χ4v) is 2.63. The fourth-order valence-electron chi connectivity index (χ4n) is 2.63. The summed E-state index contributed by atoms with van der Waals surface area (Å²) in [5.74, 6) is 2.09. The van der Waals surface area contributed by atoms with Crippen molar-refractivity contribution in [2.75, 3.05) is 7.11 Å². The summed E-state index contributed by atoms with van der Waals surface area (Å²) in [6.07, 6.45) is 0. The highest BCUT2D eigenvalue weighted by Crippen LogP contribution is 2.26. The number of H-pyrrole nitrogens is 1. The van der Waals surface area contributed by atoms with Gasteiger partial charge in [0.05, 0.1) is 13.2 Å². The van der Waals surface area contributed by atoms with Crippen molar-refractivity contribution in [3.8, 4) is 17.1 Å². The van der Waals surface area contributed by atoms with Crippen molar-refractivity contribution in [2.45, 2.75) is 32.2 Å². The minimum Gasteiger partial charge on any atom is -0.497 e. The van der Waals surface area contributed by atoms with Crippen LogP contribution in [-0.2, 0) is 5.41 Å². The van der Waals surface area contributed by atoms with Crippen molar-refractivity contribution in [1.29, 1.82) is 0 Å². The van der Waals surface area contributed by atoms with Crippen molar-refractivity contribution in [3.05, 3.63) is 65.5 Å². The van der Waals surface area contributed by atoms with Crippen LogP contribution in [0.25, 0.3) is 11.4 Å². The number of ether oxygens (including phenoxy) is 1. The fraction of sp³-hybridized carbons (Fsp3) is 0.300. The Labute approximate surface area is 148 Å². The number of methoxy groups -OCH3 is 1. The Hall–Kier alpha value is -2.66. The highest BCUT2D eigenvalue weighted by atomic mass is 16.5. The number of nitrogens with two attached hydrogens (primary N) is 1. The SMILES string of the molecule is COc1ccc(C(N)c2nc(-c3ccc(C(C)(C)C)cc3)n[nH]2)cc1. The Balaban J connectivity index is 1.81. The second-order valence-electron chi connectivity index (χ2n) is 7.12. The summed E-state index contributed by atoms with van der Waals surface area (Å²) in [6, 6.07) is 15.6. The lowest BCUT2D eigenvalue weighted by atomic mass is 9.87. The van der Waals surface area contributed by atoms with Gasteiger partial charge in [0.15, 0.2) is 5.82 Å². The van der Waals surface area contributed by atoms with Crippen LogP contribution in [0.15, 0.2) is 48.5 Å². The minimum atomic E-state index is -0.360. The monoisotopic (exact) mass is 336 g/mol. The Morgan fingerprint density at radius 3 is 2.20 bits per heavy atom. The molecule has 130 valence electrons. The van der Waals surface area contributed by atoms with Gasteiger partial charge in [-0.25, -0.2) is 4.98 Å². The number of hydrogen-bond acceptors (Lipinski definition) is 4. The third kappa shape index (κ3) is 3.72. The number of hydrogen-bond donors (Lipinski definition) is 2. The average molecular weight is 336 g/mol.